The Labute approximate surface area is 124 Å². The molecule has 0 fully saturated rings. The lowest BCUT2D eigenvalue weighted by Gasteiger charge is -2.10. The Morgan fingerprint density at radius 3 is 2.70 bits per heavy atom. The van der Waals surface area contributed by atoms with E-state index < -0.39 is 5.97 Å². The normalized spacial score (nSPS) is 10.2. The number of carboxylic acids is 1. The summed E-state index contributed by atoms with van der Waals surface area (Å²) in [6.07, 6.45) is 1.61. The fraction of sp³-hybridized carbons (Fsp3) is 0.143. The minimum atomic E-state index is -1.09. The topological polar surface area (TPSA) is 68.7 Å². The number of rotatable bonds is 4. The van der Waals surface area contributed by atoms with E-state index in [0.29, 0.717) is 11.6 Å². The number of ether oxygens (including phenoxy) is 2. The van der Waals surface area contributed by atoms with E-state index in [2.05, 4.69) is 20.9 Å². The summed E-state index contributed by atoms with van der Waals surface area (Å²) in [5, 5.41) is 9.20. The van der Waals surface area contributed by atoms with Crippen LogP contribution in [0.15, 0.2) is 34.9 Å². The first kappa shape index (κ1) is 14.3. The molecule has 2 aromatic rings. The van der Waals surface area contributed by atoms with E-state index in [1.165, 1.54) is 13.2 Å². The maximum atomic E-state index is 11.2. The lowest BCUT2D eigenvalue weighted by atomic mass is 10.2. The van der Waals surface area contributed by atoms with Gasteiger partial charge >= 0.3 is 5.97 Å². The van der Waals surface area contributed by atoms with Crippen molar-refractivity contribution in [3.8, 4) is 17.4 Å². The highest BCUT2D eigenvalue weighted by Gasteiger charge is 2.14. The molecule has 0 aliphatic carbocycles. The van der Waals surface area contributed by atoms with Crippen LogP contribution in [0, 0.1) is 6.92 Å². The third kappa shape index (κ3) is 3.08. The van der Waals surface area contributed by atoms with Crippen LogP contribution in [-0.4, -0.2) is 23.2 Å². The van der Waals surface area contributed by atoms with Crippen molar-refractivity contribution in [3.05, 3.63) is 46.1 Å². The van der Waals surface area contributed by atoms with Crippen LogP contribution >= 0.6 is 15.9 Å². The molecule has 0 spiro atoms. The maximum absolute atomic E-state index is 11.2. The first-order chi connectivity index (χ1) is 9.51. The van der Waals surface area contributed by atoms with Crippen molar-refractivity contribution in [1.82, 2.24) is 4.98 Å². The number of hydrogen-bond donors (Lipinski definition) is 1. The second-order valence-electron chi connectivity index (χ2n) is 4.04. The highest BCUT2D eigenvalue weighted by molar-refractivity contribution is 9.10. The van der Waals surface area contributed by atoms with Crippen molar-refractivity contribution < 1.29 is 19.4 Å². The number of carboxylic acid groups (broad SMARTS) is 1. The summed E-state index contributed by atoms with van der Waals surface area (Å²) in [4.78, 5) is 15.3. The number of nitrogens with zero attached hydrogens (tertiary/aromatic N) is 1. The number of carbonyl (C=O) groups is 1. The van der Waals surface area contributed by atoms with E-state index in [0.717, 1.165) is 10.0 Å². The molecule has 6 heteroatoms. The molecule has 0 saturated heterocycles. The molecule has 104 valence electrons. The van der Waals surface area contributed by atoms with Gasteiger partial charge in [-0.3, -0.25) is 0 Å². The SMILES string of the molecule is COc1ccc(Oc2cc(C)c(Br)cn2)c(C(=O)O)c1. The van der Waals surface area contributed by atoms with Crippen molar-refractivity contribution in [1.29, 1.82) is 0 Å². The fourth-order valence-corrected chi connectivity index (χ4v) is 1.79. The molecule has 0 unspecified atom stereocenters. The van der Waals surface area contributed by atoms with Gasteiger partial charge in [-0.15, -0.1) is 0 Å². The molecule has 1 heterocycles. The second kappa shape index (κ2) is 5.92. The average Bonchev–Trinajstić information content (AvgIpc) is 2.43. The Bertz CT molecular complexity index is 658. The summed E-state index contributed by atoms with van der Waals surface area (Å²) in [6.45, 7) is 1.89. The predicted molar refractivity (Wildman–Crippen MR) is 76.7 cm³/mol. The highest BCUT2D eigenvalue weighted by Crippen LogP contribution is 2.29. The van der Waals surface area contributed by atoms with E-state index in [9.17, 15) is 9.90 Å². The lowest BCUT2D eigenvalue weighted by molar-refractivity contribution is 0.0693. The van der Waals surface area contributed by atoms with E-state index in [1.54, 1.807) is 24.4 Å². The number of aromatic nitrogens is 1. The third-order valence-corrected chi connectivity index (χ3v) is 3.48. The molecule has 1 N–H and O–H groups in total. The molecule has 0 atom stereocenters. The molecule has 1 aromatic carbocycles. The molecule has 2 rings (SSSR count). The molecule has 20 heavy (non-hydrogen) atoms. The number of methoxy groups -OCH3 is 1. The summed E-state index contributed by atoms with van der Waals surface area (Å²) >= 11 is 3.34. The maximum Gasteiger partial charge on any atom is 0.339 e. The minimum Gasteiger partial charge on any atom is -0.497 e. The zero-order valence-electron chi connectivity index (χ0n) is 10.9. The Balaban J connectivity index is 2.37. The van der Waals surface area contributed by atoms with Gasteiger partial charge in [-0.25, -0.2) is 9.78 Å². The van der Waals surface area contributed by atoms with Crippen LogP contribution in [0.25, 0.3) is 0 Å². The van der Waals surface area contributed by atoms with E-state index in [1.807, 2.05) is 6.92 Å². The highest BCUT2D eigenvalue weighted by atomic mass is 79.9. The Morgan fingerprint density at radius 1 is 1.35 bits per heavy atom. The number of aryl methyl sites for hydroxylation is 1. The summed E-state index contributed by atoms with van der Waals surface area (Å²) in [5.74, 6) is -0.0895. The molecule has 0 radical (unpaired) electrons. The molecular weight excluding hydrogens is 326 g/mol. The molecule has 5 nitrogen and oxygen atoms in total. The van der Waals surface area contributed by atoms with Crippen LogP contribution in [0.1, 0.15) is 15.9 Å². The van der Waals surface area contributed by atoms with Crippen LogP contribution in [0.2, 0.25) is 0 Å². The first-order valence-corrected chi connectivity index (χ1v) is 6.52. The quantitative estimate of drug-likeness (QED) is 0.922. The number of aromatic carboxylic acids is 1. The van der Waals surface area contributed by atoms with Crippen molar-refractivity contribution in [2.45, 2.75) is 6.92 Å². The van der Waals surface area contributed by atoms with Gasteiger partial charge in [0, 0.05) is 16.7 Å². The Hall–Kier alpha value is -2.08. The van der Waals surface area contributed by atoms with Gasteiger partial charge in [0.25, 0.3) is 0 Å². The molecule has 0 bridgehead atoms. The van der Waals surface area contributed by atoms with Gasteiger partial charge in [0.1, 0.15) is 17.1 Å². The van der Waals surface area contributed by atoms with Gasteiger partial charge in [-0.1, -0.05) is 0 Å². The molecular formula is C14H12BrNO4. The number of halogens is 1. The van der Waals surface area contributed by atoms with E-state index >= 15 is 0 Å². The van der Waals surface area contributed by atoms with Crippen LogP contribution in [0.4, 0.5) is 0 Å². The van der Waals surface area contributed by atoms with E-state index in [4.69, 9.17) is 9.47 Å². The summed E-state index contributed by atoms with van der Waals surface area (Å²) in [7, 11) is 1.47. The standard InChI is InChI=1S/C14H12BrNO4/c1-8-5-13(16-7-11(8)15)20-12-4-3-9(19-2)6-10(12)14(17)18/h3-7H,1-2H3,(H,17,18). The fourth-order valence-electron chi connectivity index (χ4n) is 1.57. The van der Waals surface area contributed by atoms with Crippen LogP contribution in [0.5, 0.6) is 17.4 Å². The summed E-state index contributed by atoms with van der Waals surface area (Å²) in [5.41, 5.74) is 0.965. The van der Waals surface area contributed by atoms with E-state index in [-0.39, 0.29) is 11.3 Å². The largest absolute Gasteiger partial charge is 0.497 e. The number of pyridine rings is 1. The smallest absolute Gasteiger partial charge is 0.339 e. The third-order valence-electron chi connectivity index (χ3n) is 2.65. The lowest BCUT2D eigenvalue weighted by Crippen LogP contribution is -2.01. The first-order valence-electron chi connectivity index (χ1n) is 5.72. The second-order valence-corrected chi connectivity index (χ2v) is 4.90. The number of hydrogen-bond acceptors (Lipinski definition) is 4. The zero-order chi connectivity index (χ0) is 14.7. The Morgan fingerprint density at radius 2 is 2.10 bits per heavy atom. The molecule has 1 aromatic heterocycles. The molecule has 0 amide bonds. The average molecular weight is 338 g/mol. The van der Waals surface area contributed by atoms with Crippen LogP contribution < -0.4 is 9.47 Å². The van der Waals surface area contributed by atoms with Gasteiger partial charge in [0.05, 0.1) is 7.11 Å². The van der Waals surface area contributed by atoms with Gasteiger partial charge in [0.2, 0.25) is 5.88 Å². The van der Waals surface area contributed by atoms with Gasteiger partial charge in [-0.2, -0.15) is 0 Å². The van der Waals surface area contributed by atoms with Gasteiger partial charge < -0.3 is 14.6 Å². The van der Waals surface area contributed by atoms with Crippen molar-refractivity contribution in [2.24, 2.45) is 0 Å². The van der Waals surface area contributed by atoms with Crippen LogP contribution in [-0.2, 0) is 0 Å². The summed E-state index contributed by atoms with van der Waals surface area (Å²) < 4.78 is 11.4. The van der Waals surface area contributed by atoms with Gasteiger partial charge in [-0.05, 0) is 46.6 Å². The summed E-state index contributed by atoms with van der Waals surface area (Å²) in [6, 6.07) is 6.30. The minimum absolute atomic E-state index is 0.0201. The van der Waals surface area contributed by atoms with Crippen molar-refractivity contribution in [3.63, 3.8) is 0 Å². The van der Waals surface area contributed by atoms with Crippen molar-refractivity contribution >= 4 is 21.9 Å². The van der Waals surface area contributed by atoms with Crippen LogP contribution in [0.3, 0.4) is 0 Å². The monoisotopic (exact) mass is 337 g/mol. The molecule has 0 saturated carbocycles. The molecule has 0 aliphatic heterocycles. The molecule has 0 aliphatic rings. The van der Waals surface area contributed by atoms with Gasteiger partial charge in [0.15, 0.2) is 0 Å². The Kier molecular flexibility index (Phi) is 4.24. The zero-order valence-corrected chi connectivity index (χ0v) is 12.5. The number of benzene rings is 1. The van der Waals surface area contributed by atoms with Crippen molar-refractivity contribution in [2.75, 3.05) is 7.11 Å². The predicted octanol–water partition coefficient (Wildman–Crippen LogP) is 3.65.